The first-order chi connectivity index (χ1) is 6.19. The second-order valence-corrected chi connectivity index (χ2v) is 3.18. The maximum atomic E-state index is 10.7. The highest BCUT2D eigenvalue weighted by molar-refractivity contribution is 7.98. The number of benzene rings is 1. The van der Waals surface area contributed by atoms with Crippen LogP contribution in [-0.4, -0.2) is 17.3 Å². The second-order valence-electron chi connectivity index (χ2n) is 2.33. The highest BCUT2D eigenvalue weighted by atomic mass is 32.2. The van der Waals surface area contributed by atoms with Crippen LogP contribution in [0.1, 0.15) is 15.9 Å². The second kappa shape index (κ2) is 3.97. The Morgan fingerprint density at radius 2 is 2.31 bits per heavy atom. The van der Waals surface area contributed by atoms with Crippen molar-refractivity contribution in [3.8, 4) is 6.07 Å². The van der Waals surface area contributed by atoms with Gasteiger partial charge in [-0.05, 0) is 24.5 Å². The molecule has 0 fully saturated rings. The van der Waals surface area contributed by atoms with Gasteiger partial charge in [0.1, 0.15) is 0 Å². The monoisotopic (exact) mass is 193 g/mol. The Labute approximate surface area is 80.0 Å². The van der Waals surface area contributed by atoms with Gasteiger partial charge >= 0.3 is 5.97 Å². The summed E-state index contributed by atoms with van der Waals surface area (Å²) in [5.74, 6) is -0.964. The van der Waals surface area contributed by atoms with Crippen LogP contribution in [0.3, 0.4) is 0 Å². The smallest absolute Gasteiger partial charge is 0.336 e. The van der Waals surface area contributed by atoms with Gasteiger partial charge < -0.3 is 5.11 Å². The number of hydrogen-bond acceptors (Lipinski definition) is 3. The van der Waals surface area contributed by atoms with Crippen molar-refractivity contribution in [3.05, 3.63) is 29.3 Å². The molecule has 1 aromatic rings. The molecule has 3 nitrogen and oxygen atoms in total. The summed E-state index contributed by atoms with van der Waals surface area (Å²) >= 11 is 1.32. The fraction of sp³-hybridized carbons (Fsp3) is 0.111. The zero-order chi connectivity index (χ0) is 9.84. The van der Waals surface area contributed by atoms with Gasteiger partial charge in [-0.2, -0.15) is 5.26 Å². The van der Waals surface area contributed by atoms with Crippen LogP contribution in [0.4, 0.5) is 0 Å². The Morgan fingerprint density at radius 3 is 2.77 bits per heavy atom. The minimum absolute atomic E-state index is 0.242. The van der Waals surface area contributed by atoms with E-state index >= 15 is 0 Å². The highest BCUT2D eigenvalue weighted by Gasteiger charge is 2.09. The van der Waals surface area contributed by atoms with Gasteiger partial charge in [-0.3, -0.25) is 0 Å². The molecule has 0 saturated heterocycles. The third-order valence-corrected chi connectivity index (χ3v) is 2.34. The van der Waals surface area contributed by atoms with Crippen LogP contribution < -0.4 is 0 Å². The maximum Gasteiger partial charge on any atom is 0.336 e. The van der Waals surface area contributed by atoms with Crippen molar-refractivity contribution in [2.24, 2.45) is 0 Å². The summed E-state index contributed by atoms with van der Waals surface area (Å²) in [4.78, 5) is 11.3. The molecule has 1 aromatic carbocycles. The summed E-state index contributed by atoms with van der Waals surface area (Å²) in [6.45, 7) is 0. The van der Waals surface area contributed by atoms with Crippen LogP contribution in [0.5, 0.6) is 0 Å². The lowest BCUT2D eigenvalue weighted by atomic mass is 10.1. The van der Waals surface area contributed by atoms with Gasteiger partial charge in [-0.25, -0.2) is 4.79 Å². The Morgan fingerprint density at radius 1 is 1.62 bits per heavy atom. The van der Waals surface area contributed by atoms with Gasteiger partial charge in [-0.1, -0.05) is 0 Å². The number of aromatic carboxylic acids is 1. The van der Waals surface area contributed by atoms with E-state index in [1.54, 1.807) is 12.3 Å². The predicted octanol–water partition coefficient (Wildman–Crippen LogP) is 1.98. The molecule has 1 rings (SSSR count). The van der Waals surface area contributed by atoms with E-state index in [2.05, 4.69) is 0 Å². The maximum absolute atomic E-state index is 10.7. The lowest BCUT2D eigenvalue weighted by Crippen LogP contribution is -1.98. The third kappa shape index (κ3) is 2.01. The number of carboxylic acids is 1. The molecule has 0 bridgehead atoms. The Balaban J connectivity index is 3.25. The summed E-state index contributed by atoms with van der Waals surface area (Å²) in [6.07, 6.45) is 1.78. The van der Waals surface area contributed by atoms with Crippen LogP contribution >= 0.6 is 11.8 Å². The normalized spacial score (nSPS) is 9.23. The van der Waals surface area contributed by atoms with Gasteiger partial charge in [0.25, 0.3) is 0 Å². The number of nitriles is 1. The van der Waals surface area contributed by atoms with Crippen LogP contribution in [0.25, 0.3) is 0 Å². The van der Waals surface area contributed by atoms with Crippen LogP contribution in [0.15, 0.2) is 23.1 Å². The molecular formula is C9H7NO2S. The topological polar surface area (TPSA) is 61.1 Å². The van der Waals surface area contributed by atoms with E-state index in [4.69, 9.17) is 10.4 Å². The van der Waals surface area contributed by atoms with E-state index in [0.717, 1.165) is 0 Å². The fourth-order valence-corrected chi connectivity index (χ4v) is 1.56. The molecule has 0 aliphatic rings. The molecule has 0 aromatic heterocycles. The highest BCUT2D eigenvalue weighted by Crippen LogP contribution is 2.21. The Kier molecular flexibility index (Phi) is 2.93. The van der Waals surface area contributed by atoms with Gasteiger partial charge in [0.05, 0.1) is 17.2 Å². The molecule has 1 N–H and O–H groups in total. The predicted molar refractivity (Wildman–Crippen MR) is 49.9 cm³/mol. The minimum Gasteiger partial charge on any atom is -0.478 e. The van der Waals surface area contributed by atoms with E-state index < -0.39 is 5.97 Å². The number of hydrogen-bond donors (Lipinski definition) is 1. The molecule has 0 aliphatic heterocycles. The zero-order valence-corrected chi connectivity index (χ0v) is 7.76. The number of nitrogens with zero attached hydrogens (tertiary/aromatic N) is 1. The van der Waals surface area contributed by atoms with Crippen molar-refractivity contribution < 1.29 is 9.90 Å². The average Bonchev–Trinajstić information content (AvgIpc) is 2.16. The van der Waals surface area contributed by atoms with Crippen LogP contribution in [0.2, 0.25) is 0 Å². The van der Waals surface area contributed by atoms with Gasteiger partial charge in [0, 0.05) is 4.90 Å². The van der Waals surface area contributed by atoms with Gasteiger partial charge in [0.2, 0.25) is 0 Å². The van der Waals surface area contributed by atoms with E-state index in [1.165, 1.54) is 23.9 Å². The molecule has 0 heterocycles. The summed E-state index contributed by atoms with van der Waals surface area (Å²) in [7, 11) is 0. The minimum atomic E-state index is -0.964. The lowest BCUT2D eigenvalue weighted by molar-refractivity contribution is 0.0693. The van der Waals surface area contributed by atoms with E-state index in [0.29, 0.717) is 10.5 Å². The van der Waals surface area contributed by atoms with Crippen molar-refractivity contribution in [3.63, 3.8) is 0 Å². The SMILES string of the molecule is CSc1cc(C#N)ccc1C(=O)O. The quantitative estimate of drug-likeness (QED) is 0.729. The first-order valence-corrected chi connectivity index (χ1v) is 4.73. The summed E-state index contributed by atoms with van der Waals surface area (Å²) in [6, 6.07) is 6.49. The van der Waals surface area contributed by atoms with Crippen molar-refractivity contribution in [1.29, 1.82) is 5.26 Å². The first kappa shape index (κ1) is 9.62. The Hall–Kier alpha value is -1.47. The molecule has 13 heavy (non-hydrogen) atoms. The molecule has 0 saturated carbocycles. The van der Waals surface area contributed by atoms with E-state index in [9.17, 15) is 4.79 Å². The van der Waals surface area contributed by atoms with Gasteiger partial charge in [-0.15, -0.1) is 11.8 Å². The summed E-state index contributed by atoms with van der Waals surface area (Å²) < 4.78 is 0. The summed E-state index contributed by atoms with van der Waals surface area (Å²) in [5.41, 5.74) is 0.723. The molecule has 0 amide bonds. The largest absolute Gasteiger partial charge is 0.478 e. The van der Waals surface area contributed by atoms with Crippen molar-refractivity contribution in [1.82, 2.24) is 0 Å². The van der Waals surface area contributed by atoms with Crippen molar-refractivity contribution in [2.45, 2.75) is 4.90 Å². The van der Waals surface area contributed by atoms with Crippen molar-refractivity contribution >= 4 is 17.7 Å². The van der Waals surface area contributed by atoms with E-state index in [1.807, 2.05) is 6.07 Å². The third-order valence-electron chi connectivity index (χ3n) is 1.56. The number of rotatable bonds is 2. The fourth-order valence-electron chi connectivity index (χ4n) is 0.937. The molecule has 0 spiro atoms. The number of carbonyl (C=O) groups is 1. The average molecular weight is 193 g/mol. The number of carboxylic acid groups (broad SMARTS) is 1. The van der Waals surface area contributed by atoms with Crippen LogP contribution in [-0.2, 0) is 0 Å². The molecule has 4 heteroatoms. The molecule has 0 aliphatic carbocycles. The zero-order valence-electron chi connectivity index (χ0n) is 6.94. The first-order valence-electron chi connectivity index (χ1n) is 3.50. The standard InChI is InChI=1S/C9H7NO2S/c1-13-8-4-6(5-10)2-3-7(8)9(11)12/h2-4H,1H3,(H,11,12). The molecule has 66 valence electrons. The number of thioether (sulfide) groups is 1. The molecule has 0 unspecified atom stereocenters. The lowest BCUT2D eigenvalue weighted by Gasteiger charge is -2.01. The molecule has 0 atom stereocenters. The van der Waals surface area contributed by atoms with Crippen molar-refractivity contribution in [2.75, 3.05) is 6.26 Å². The van der Waals surface area contributed by atoms with Crippen LogP contribution in [0, 0.1) is 11.3 Å². The molecule has 0 radical (unpaired) electrons. The molecular weight excluding hydrogens is 186 g/mol. The Bertz CT molecular complexity index is 382. The van der Waals surface area contributed by atoms with E-state index in [-0.39, 0.29) is 5.56 Å². The van der Waals surface area contributed by atoms with Gasteiger partial charge in [0.15, 0.2) is 0 Å². The summed E-state index contributed by atoms with van der Waals surface area (Å²) in [5, 5.41) is 17.3.